The van der Waals surface area contributed by atoms with Crippen molar-refractivity contribution in [2.75, 3.05) is 0 Å². The summed E-state index contributed by atoms with van der Waals surface area (Å²) in [4.78, 5) is 33.6. The van der Waals surface area contributed by atoms with Crippen molar-refractivity contribution in [2.24, 2.45) is 0 Å². The molecular formula is C21H15BiO3. The van der Waals surface area contributed by atoms with Crippen LogP contribution >= 0.6 is 0 Å². The fourth-order valence-electron chi connectivity index (χ4n) is 2.66. The molecule has 0 N–H and O–H groups in total. The Morgan fingerprint density at radius 3 is 1.12 bits per heavy atom. The molecule has 0 radical (unpaired) electrons. The second kappa shape index (κ2) is 8.09. The van der Waals surface area contributed by atoms with E-state index in [4.69, 9.17) is 0 Å². The van der Waals surface area contributed by atoms with Gasteiger partial charge in [-0.15, -0.1) is 0 Å². The molecule has 122 valence electrons. The van der Waals surface area contributed by atoms with Crippen LogP contribution < -0.4 is 9.81 Å². The summed E-state index contributed by atoms with van der Waals surface area (Å²) in [6.45, 7) is 0. The monoisotopic (exact) mass is 524 g/mol. The number of hydrogen-bond acceptors (Lipinski definition) is 3. The summed E-state index contributed by atoms with van der Waals surface area (Å²) >= 11 is -2.72. The van der Waals surface area contributed by atoms with E-state index >= 15 is 0 Å². The summed E-state index contributed by atoms with van der Waals surface area (Å²) in [5.41, 5.74) is 1.90. The molecule has 0 saturated carbocycles. The third-order valence-corrected chi connectivity index (χ3v) is 13.1. The van der Waals surface area contributed by atoms with Gasteiger partial charge >= 0.3 is 154 Å². The average molecular weight is 524 g/mol. The van der Waals surface area contributed by atoms with E-state index in [0.717, 1.165) is 28.7 Å². The average Bonchev–Trinajstić information content (AvgIpc) is 2.68. The van der Waals surface area contributed by atoms with E-state index in [0.29, 0.717) is 16.7 Å². The molecule has 0 aliphatic carbocycles. The van der Waals surface area contributed by atoms with Crippen LogP contribution in [0.4, 0.5) is 0 Å². The minimum atomic E-state index is -2.72. The zero-order valence-corrected chi connectivity index (χ0v) is 16.8. The Hall–Kier alpha value is -2.45. The fourth-order valence-corrected chi connectivity index (χ4v) is 12.1. The van der Waals surface area contributed by atoms with Crippen LogP contribution in [0.15, 0.2) is 72.8 Å². The molecule has 3 aromatic rings. The minimum absolute atomic E-state index is 0.635. The molecule has 0 fully saturated rings. The second-order valence-electron chi connectivity index (χ2n) is 5.47. The maximum absolute atomic E-state index is 11.2. The van der Waals surface area contributed by atoms with Gasteiger partial charge in [-0.3, -0.25) is 0 Å². The van der Waals surface area contributed by atoms with E-state index in [1.165, 1.54) is 0 Å². The van der Waals surface area contributed by atoms with Gasteiger partial charge in [-0.25, -0.2) is 0 Å². The zero-order chi connectivity index (χ0) is 17.6. The quantitative estimate of drug-likeness (QED) is 0.364. The fraction of sp³-hybridized carbons (Fsp3) is 0. The van der Waals surface area contributed by atoms with Crippen LogP contribution in [0.1, 0.15) is 31.1 Å². The molecule has 4 heteroatoms. The normalized spacial score (nSPS) is 10.4. The summed E-state index contributed by atoms with van der Waals surface area (Å²) in [5.74, 6) is 0. The van der Waals surface area contributed by atoms with Crippen molar-refractivity contribution in [1.29, 1.82) is 0 Å². The molecule has 0 aromatic heterocycles. The van der Waals surface area contributed by atoms with Crippen LogP contribution in [-0.4, -0.2) is 40.6 Å². The van der Waals surface area contributed by atoms with Crippen LogP contribution in [0.25, 0.3) is 0 Å². The molecule has 0 saturated heterocycles. The van der Waals surface area contributed by atoms with Crippen molar-refractivity contribution in [3.8, 4) is 0 Å². The van der Waals surface area contributed by atoms with E-state index in [-0.39, 0.29) is 0 Å². The van der Waals surface area contributed by atoms with Crippen LogP contribution in [-0.2, 0) is 0 Å². The summed E-state index contributed by atoms with van der Waals surface area (Å²) in [6.07, 6.45) is 2.53. The van der Waals surface area contributed by atoms with Gasteiger partial charge in [0.1, 0.15) is 0 Å². The Balaban J connectivity index is 2.20. The molecule has 0 aliphatic heterocycles. The van der Waals surface area contributed by atoms with Crippen LogP contribution in [0.2, 0.25) is 0 Å². The van der Waals surface area contributed by atoms with E-state index < -0.39 is 21.8 Å². The van der Waals surface area contributed by atoms with Crippen LogP contribution in [0.3, 0.4) is 0 Å². The zero-order valence-electron chi connectivity index (χ0n) is 13.3. The number of rotatable bonds is 6. The van der Waals surface area contributed by atoms with Gasteiger partial charge in [0, 0.05) is 0 Å². The Bertz CT molecular complexity index is 811. The summed E-state index contributed by atoms with van der Waals surface area (Å²) in [6, 6.07) is 22.9. The Labute approximate surface area is 154 Å². The molecule has 0 heterocycles. The van der Waals surface area contributed by atoms with E-state index in [1.54, 1.807) is 18.2 Å². The van der Waals surface area contributed by atoms with Crippen molar-refractivity contribution in [1.82, 2.24) is 0 Å². The first-order valence-electron chi connectivity index (χ1n) is 7.71. The van der Waals surface area contributed by atoms with Crippen molar-refractivity contribution in [3.05, 3.63) is 89.5 Å². The summed E-state index contributed by atoms with van der Waals surface area (Å²) < 4.78 is 3.39. The molecule has 0 spiro atoms. The van der Waals surface area contributed by atoms with Gasteiger partial charge in [0.15, 0.2) is 0 Å². The topological polar surface area (TPSA) is 51.2 Å². The first kappa shape index (κ1) is 17.4. The molecule has 3 nitrogen and oxygen atoms in total. The number of benzene rings is 3. The van der Waals surface area contributed by atoms with Crippen LogP contribution in [0.5, 0.6) is 0 Å². The number of carbonyl (C=O) groups excluding carboxylic acids is 3. The van der Waals surface area contributed by atoms with Gasteiger partial charge in [-0.05, 0) is 0 Å². The predicted molar refractivity (Wildman–Crippen MR) is 100 cm³/mol. The van der Waals surface area contributed by atoms with Crippen LogP contribution in [0, 0.1) is 0 Å². The van der Waals surface area contributed by atoms with Crippen molar-refractivity contribution >= 4 is 50.4 Å². The molecule has 0 amide bonds. The van der Waals surface area contributed by atoms with Crippen molar-refractivity contribution in [3.63, 3.8) is 0 Å². The number of aldehydes is 3. The molecule has 3 rings (SSSR count). The van der Waals surface area contributed by atoms with Crippen molar-refractivity contribution in [2.45, 2.75) is 0 Å². The standard InChI is InChI=1S/3C7H5O.Bi/c3*8-6-7-4-2-1-3-5-7;/h3*1-2,4-6H;. The van der Waals surface area contributed by atoms with Gasteiger partial charge in [0.05, 0.1) is 0 Å². The Morgan fingerprint density at radius 1 is 0.520 bits per heavy atom. The van der Waals surface area contributed by atoms with E-state index in [2.05, 4.69) is 0 Å². The first-order valence-corrected chi connectivity index (χ1v) is 12.9. The van der Waals surface area contributed by atoms with Gasteiger partial charge in [0.2, 0.25) is 0 Å². The molecule has 0 atom stereocenters. The van der Waals surface area contributed by atoms with Gasteiger partial charge < -0.3 is 0 Å². The van der Waals surface area contributed by atoms with Gasteiger partial charge in [0.25, 0.3) is 0 Å². The maximum atomic E-state index is 11.2. The van der Waals surface area contributed by atoms with Gasteiger partial charge in [-0.2, -0.15) is 0 Å². The number of carbonyl (C=O) groups is 3. The third kappa shape index (κ3) is 3.97. The molecule has 25 heavy (non-hydrogen) atoms. The molecule has 0 aliphatic rings. The third-order valence-electron chi connectivity index (χ3n) is 3.79. The second-order valence-corrected chi connectivity index (χ2v) is 14.1. The van der Waals surface area contributed by atoms with Gasteiger partial charge in [-0.1, -0.05) is 0 Å². The summed E-state index contributed by atoms with van der Waals surface area (Å²) in [7, 11) is 0. The predicted octanol–water partition coefficient (Wildman–Crippen LogP) is 1.64. The van der Waals surface area contributed by atoms with E-state index in [1.807, 2.05) is 54.6 Å². The molecule has 3 aromatic carbocycles. The SMILES string of the molecule is O=Cc1ccc[c]([Bi]([c]2cccc(C=O)c2)[c]2cccc(C=O)c2)c1. The summed E-state index contributed by atoms with van der Waals surface area (Å²) in [5, 5.41) is 0. The first-order chi connectivity index (χ1) is 12.2. The molecule has 0 bridgehead atoms. The van der Waals surface area contributed by atoms with E-state index in [9.17, 15) is 14.4 Å². The molecule has 0 unspecified atom stereocenters. The Morgan fingerprint density at radius 2 is 0.840 bits per heavy atom. The van der Waals surface area contributed by atoms with Crippen molar-refractivity contribution < 1.29 is 14.4 Å². The Kier molecular flexibility index (Phi) is 5.62. The molecular weight excluding hydrogens is 509 g/mol. The number of hydrogen-bond donors (Lipinski definition) is 0.